The molecular formula is C10H8F2O3. The molecule has 0 fully saturated rings. The first-order valence-electron chi connectivity index (χ1n) is 4.04. The predicted octanol–water partition coefficient (Wildman–Crippen LogP) is 2.39. The van der Waals surface area contributed by atoms with Crippen molar-refractivity contribution in [3.63, 3.8) is 0 Å². The van der Waals surface area contributed by atoms with Crippen molar-refractivity contribution < 1.29 is 23.4 Å². The number of hydrogen-bond acceptors (Lipinski definition) is 2. The molecule has 1 aromatic rings. The molecule has 1 aromatic carbocycles. The van der Waals surface area contributed by atoms with Crippen LogP contribution in [0.2, 0.25) is 0 Å². The van der Waals surface area contributed by atoms with E-state index in [1.54, 1.807) is 6.07 Å². The number of alkyl halides is 2. The first kappa shape index (κ1) is 11.2. The van der Waals surface area contributed by atoms with Gasteiger partial charge < -0.3 is 9.84 Å². The van der Waals surface area contributed by atoms with Crippen LogP contribution in [-0.2, 0) is 4.79 Å². The zero-order valence-corrected chi connectivity index (χ0v) is 7.56. The Bertz CT molecular complexity index is 375. The van der Waals surface area contributed by atoms with Crippen LogP contribution in [0.15, 0.2) is 30.3 Å². The molecule has 0 aliphatic heterocycles. The third-order valence-corrected chi connectivity index (χ3v) is 1.50. The molecule has 80 valence electrons. The maximum absolute atomic E-state index is 11.8. The van der Waals surface area contributed by atoms with Crippen LogP contribution in [-0.4, -0.2) is 17.7 Å². The molecular weight excluding hydrogens is 206 g/mol. The summed E-state index contributed by atoms with van der Waals surface area (Å²) >= 11 is 0. The summed E-state index contributed by atoms with van der Waals surface area (Å²) in [7, 11) is 0. The van der Waals surface area contributed by atoms with Crippen molar-refractivity contribution in [2.75, 3.05) is 0 Å². The van der Waals surface area contributed by atoms with Gasteiger partial charge in [-0.25, -0.2) is 4.79 Å². The van der Waals surface area contributed by atoms with Crippen LogP contribution in [0.3, 0.4) is 0 Å². The number of carbonyl (C=O) groups is 1. The fourth-order valence-corrected chi connectivity index (χ4v) is 0.962. The summed E-state index contributed by atoms with van der Waals surface area (Å²) < 4.78 is 27.8. The zero-order valence-electron chi connectivity index (χ0n) is 7.56. The van der Waals surface area contributed by atoms with E-state index < -0.39 is 12.6 Å². The lowest BCUT2D eigenvalue weighted by Crippen LogP contribution is -2.01. The minimum Gasteiger partial charge on any atom is -0.478 e. The van der Waals surface area contributed by atoms with Gasteiger partial charge in [-0.05, 0) is 23.8 Å². The van der Waals surface area contributed by atoms with E-state index in [9.17, 15) is 13.6 Å². The van der Waals surface area contributed by atoms with Gasteiger partial charge in [0.2, 0.25) is 0 Å². The fraction of sp³-hybridized carbons (Fsp3) is 0.100. The summed E-state index contributed by atoms with van der Waals surface area (Å²) in [6.45, 7) is -2.89. The highest BCUT2D eigenvalue weighted by atomic mass is 19.3. The van der Waals surface area contributed by atoms with Crippen molar-refractivity contribution in [1.82, 2.24) is 0 Å². The molecule has 0 amide bonds. The number of carboxylic acid groups (broad SMARTS) is 1. The maximum Gasteiger partial charge on any atom is 0.387 e. The third-order valence-electron chi connectivity index (χ3n) is 1.50. The van der Waals surface area contributed by atoms with Crippen LogP contribution in [0.5, 0.6) is 5.75 Å². The largest absolute Gasteiger partial charge is 0.478 e. The van der Waals surface area contributed by atoms with Crippen LogP contribution in [0.1, 0.15) is 5.56 Å². The molecule has 5 heteroatoms. The lowest BCUT2D eigenvalue weighted by molar-refractivity contribution is -0.131. The SMILES string of the molecule is O=C(O)C=Cc1cccc(OC(F)F)c1. The third kappa shape index (κ3) is 4.21. The molecule has 0 saturated carbocycles. The van der Waals surface area contributed by atoms with Crippen molar-refractivity contribution >= 4 is 12.0 Å². The van der Waals surface area contributed by atoms with E-state index in [0.29, 0.717) is 5.56 Å². The molecule has 3 nitrogen and oxygen atoms in total. The second-order valence-corrected chi connectivity index (χ2v) is 2.62. The van der Waals surface area contributed by atoms with Gasteiger partial charge in [-0.2, -0.15) is 8.78 Å². The molecule has 0 atom stereocenters. The number of hydrogen-bond donors (Lipinski definition) is 1. The molecule has 1 rings (SSSR count). The standard InChI is InChI=1S/C10H8F2O3/c11-10(12)15-8-3-1-2-7(6-8)4-5-9(13)14/h1-6,10H,(H,13,14). The second kappa shape index (κ2) is 5.09. The van der Waals surface area contributed by atoms with Gasteiger partial charge >= 0.3 is 12.6 Å². The Hall–Kier alpha value is -1.91. The van der Waals surface area contributed by atoms with Crippen molar-refractivity contribution in [2.24, 2.45) is 0 Å². The minimum absolute atomic E-state index is 0.00228. The van der Waals surface area contributed by atoms with Crippen molar-refractivity contribution in [2.45, 2.75) is 6.61 Å². The monoisotopic (exact) mass is 214 g/mol. The Morgan fingerprint density at radius 1 is 1.47 bits per heavy atom. The van der Waals surface area contributed by atoms with Gasteiger partial charge in [0, 0.05) is 6.08 Å². The van der Waals surface area contributed by atoms with Crippen LogP contribution in [0.25, 0.3) is 6.08 Å². The number of ether oxygens (including phenoxy) is 1. The van der Waals surface area contributed by atoms with Crippen molar-refractivity contribution in [1.29, 1.82) is 0 Å². The van der Waals surface area contributed by atoms with Gasteiger partial charge in [-0.3, -0.25) is 0 Å². The average molecular weight is 214 g/mol. The highest BCUT2D eigenvalue weighted by Crippen LogP contribution is 2.16. The van der Waals surface area contributed by atoms with Gasteiger partial charge in [0.05, 0.1) is 0 Å². The van der Waals surface area contributed by atoms with E-state index in [2.05, 4.69) is 4.74 Å². The summed E-state index contributed by atoms with van der Waals surface area (Å²) in [5, 5.41) is 8.35. The normalized spacial score (nSPS) is 10.9. The molecule has 0 saturated heterocycles. The van der Waals surface area contributed by atoms with E-state index >= 15 is 0 Å². The van der Waals surface area contributed by atoms with Gasteiger partial charge in [-0.1, -0.05) is 12.1 Å². The molecule has 0 aliphatic carbocycles. The topological polar surface area (TPSA) is 46.5 Å². The molecule has 0 bridgehead atoms. The maximum atomic E-state index is 11.8. The first-order chi connectivity index (χ1) is 7.08. The Balaban J connectivity index is 2.78. The average Bonchev–Trinajstić information content (AvgIpc) is 2.14. The van der Waals surface area contributed by atoms with Crippen LogP contribution in [0.4, 0.5) is 8.78 Å². The van der Waals surface area contributed by atoms with E-state index in [0.717, 1.165) is 6.08 Å². The van der Waals surface area contributed by atoms with Crippen LogP contribution in [0, 0.1) is 0 Å². The number of rotatable bonds is 4. The van der Waals surface area contributed by atoms with Gasteiger partial charge in [0.25, 0.3) is 0 Å². The highest BCUT2D eigenvalue weighted by molar-refractivity contribution is 5.85. The predicted molar refractivity (Wildman–Crippen MR) is 49.7 cm³/mol. The van der Waals surface area contributed by atoms with E-state index in [4.69, 9.17) is 5.11 Å². The molecule has 15 heavy (non-hydrogen) atoms. The lowest BCUT2D eigenvalue weighted by Gasteiger charge is -2.04. The molecule has 0 unspecified atom stereocenters. The number of carboxylic acids is 1. The first-order valence-corrected chi connectivity index (χ1v) is 4.04. The number of halogens is 2. The van der Waals surface area contributed by atoms with Crippen molar-refractivity contribution in [3.05, 3.63) is 35.9 Å². The molecule has 0 spiro atoms. The highest BCUT2D eigenvalue weighted by Gasteiger charge is 2.03. The Morgan fingerprint density at radius 3 is 2.80 bits per heavy atom. The molecule has 0 aromatic heterocycles. The summed E-state index contributed by atoms with van der Waals surface area (Å²) in [6, 6.07) is 5.77. The molecule has 0 aliphatic rings. The quantitative estimate of drug-likeness (QED) is 0.782. The van der Waals surface area contributed by atoms with Gasteiger partial charge in [-0.15, -0.1) is 0 Å². The Morgan fingerprint density at radius 2 is 2.20 bits per heavy atom. The molecule has 0 radical (unpaired) electrons. The summed E-state index contributed by atoms with van der Waals surface area (Å²) in [4.78, 5) is 10.2. The lowest BCUT2D eigenvalue weighted by atomic mass is 10.2. The second-order valence-electron chi connectivity index (χ2n) is 2.62. The van der Waals surface area contributed by atoms with Crippen molar-refractivity contribution in [3.8, 4) is 5.75 Å². The van der Waals surface area contributed by atoms with Crippen LogP contribution >= 0.6 is 0 Å². The van der Waals surface area contributed by atoms with Gasteiger partial charge in [0.15, 0.2) is 0 Å². The number of aliphatic carboxylic acids is 1. The van der Waals surface area contributed by atoms with E-state index in [-0.39, 0.29) is 5.75 Å². The zero-order chi connectivity index (χ0) is 11.3. The Kier molecular flexibility index (Phi) is 3.79. The fourth-order valence-electron chi connectivity index (χ4n) is 0.962. The minimum atomic E-state index is -2.89. The summed E-state index contributed by atoms with van der Waals surface area (Å²) in [6.07, 6.45) is 2.21. The molecule has 0 heterocycles. The van der Waals surface area contributed by atoms with Crippen LogP contribution < -0.4 is 4.74 Å². The molecule has 1 N–H and O–H groups in total. The van der Waals surface area contributed by atoms with E-state index in [1.807, 2.05) is 0 Å². The smallest absolute Gasteiger partial charge is 0.387 e. The van der Waals surface area contributed by atoms with E-state index in [1.165, 1.54) is 24.3 Å². The number of benzene rings is 1. The Labute approximate surface area is 84.6 Å². The van der Waals surface area contributed by atoms with Gasteiger partial charge in [0.1, 0.15) is 5.75 Å². The summed E-state index contributed by atoms with van der Waals surface area (Å²) in [5.41, 5.74) is 0.482. The summed E-state index contributed by atoms with van der Waals surface area (Å²) in [5.74, 6) is -1.10.